The Hall–Kier alpha value is -2.87. The number of anilines is 1. The monoisotopic (exact) mass is 337 g/mol. The summed E-state index contributed by atoms with van der Waals surface area (Å²) in [6, 6.07) is 5.82. The highest BCUT2D eigenvalue weighted by molar-refractivity contribution is 7.16. The molecule has 2 N–H and O–H groups in total. The third kappa shape index (κ3) is 2.95. The number of aryl methyl sites for hydroxylation is 1. The molecule has 120 valence electrons. The third-order valence-electron chi connectivity index (χ3n) is 3.56. The maximum atomic E-state index is 4.52. The predicted molar refractivity (Wildman–Crippen MR) is 94.0 cm³/mol. The van der Waals surface area contributed by atoms with Crippen LogP contribution in [0.5, 0.6) is 0 Å². The van der Waals surface area contributed by atoms with E-state index >= 15 is 0 Å². The standard InChI is InChI=1S/C16H15N7S/c1-10-19-15(12-5-9-24-16(12)20-10)18-8-4-13-21-14(23-22-13)11-2-6-17-7-3-11/h2-3,5-7,9H,4,8H2,1H3,(H,18,19,20)(H,21,22,23). The van der Waals surface area contributed by atoms with Crippen LogP contribution in [-0.4, -0.2) is 36.7 Å². The van der Waals surface area contributed by atoms with Crippen molar-refractivity contribution >= 4 is 27.4 Å². The summed E-state index contributed by atoms with van der Waals surface area (Å²) in [5, 5.41) is 13.7. The first-order valence-electron chi connectivity index (χ1n) is 7.57. The first-order chi connectivity index (χ1) is 11.8. The molecule has 0 unspecified atom stereocenters. The molecule has 0 aliphatic heterocycles. The van der Waals surface area contributed by atoms with E-state index in [0.29, 0.717) is 12.4 Å². The maximum Gasteiger partial charge on any atom is 0.181 e. The molecule has 0 saturated heterocycles. The number of hydrogen-bond acceptors (Lipinski definition) is 7. The zero-order chi connectivity index (χ0) is 16.4. The second kappa shape index (κ2) is 6.32. The molecular formula is C16H15N7S. The van der Waals surface area contributed by atoms with Gasteiger partial charge in [-0.15, -0.1) is 11.3 Å². The van der Waals surface area contributed by atoms with Gasteiger partial charge < -0.3 is 5.32 Å². The van der Waals surface area contributed by atoms with Gasteiger partial charge in [-0.1, -0.05) is 0 Å². The number of nitrogens with zero attached hydrogens (tertiary/aromatic N) is 5. The molecule has 24 heavy (non-hydrogen) atoms. The Morgan fingerprint density at radius 3 is 2.88 bits per heavy atom. The molecule has 0 amide bonds. The number of fused-ring (bicyclic) bond motifs is 1. The summed E-state index contributed by atoms with van der Waals surface area (Å²) >= 11 is 1.62. The van der Waals surface area contributed by atoms with Crippen LogP contribution >= 0.6 is 11.3 Å². The van der Waals surface area contributed by atoms with Crippen molar-refractivity contribution in [1.82, 2.24) is 30.1 Å². The van der Waals surface area contributed by atoms with Crippen LogP contribution in [0.3, 0.4) is 0 Å². The summed E-state index contributed by atoms with van der Waals surface area (Å²) in [4.78, 5) is 18.4. The lowest BCUT2D eigenvalue weighted by Gasteiger charge is -2.06. The van der Waals surface area contributed by atoms with Crippen LogP contribution in [-0.2, 0) is 6.42 Å². The van der Waals surface area contributed by atoms with Crippen molar-refractivity contribution in [1.29, 1.82) is 0 Å². The fourth-order valence-electron chi connectivity index (χ4n) is 2.43. The fourth-order valence-corrected chi connectivity index (χ4v) is 3.24. The summed E-state index contributed by atoms with van der Waals surface area (Å²) in [6.45, 7) is 2.62. The summed E-state index contributed by atoms with van der Waals surface area (Å²) in [5.74, 6) is 3.16. The molecule has 0 atom stereocenters. The number of rotatable bonds is 5. The Balaban J connectivity index is 1.44. The van der Waals surface area contributed by atoms with Crippen molar-refractivity contribution in [2.24, 2.45) is 0 Å². The quantitative estimate of drug-likeness (QED) is 0.582. The lowest BCUT2D eigenvalue weighted by Crippen LogP contribution is -2.08. The largest absolute Gasteiger partial charge is 0.369 e. The Kier molecular flexibility index (Phi) is 3.87. The molecule has 0 aromatic carbocycles. The number of hydrogen-bond donors (Lipinski definition) is 2. The van der Waals surface area contributed by atoms with Gasteiger partial charge in [0.2, 0.25) is 0 Å². The summed E-state index contributed by atoms with van der Waals surface area (Å²) in [5.41, 5.74) is 0.951. The SMILES string of the molecule is Cc1nc(NCCc2nc(-c3ccncc3)n[nH]2)c2ccsc2n1. The summed E-state index contributed by atoms with van der Waals surface area (Å²) < 4.78 is 0. The fraction of sp³-hybridized carbons (Fsp3) is 0.188. The van der Waals surface area contributed by atoms with Crippen LogP contribution in [0.15, 0.2) is 36.0 Å². The van der Waals surface area contributed by atoms with Crippen molar-refractivity contribution < 1.29 is 0 Å². The van der Waals surface area contributed by atoms with Crippen molar-refractivity contribution in [2.45, 2.75) is 13.3 Å². The molecule has 0 saturated carbocycles. The molecule has 4 heterocycles. The van der Waals surface area contributed by atoms with Crippen LogP contribution in [0.2, 0.25) is 0 Å². The van der Waals surface area contributed by atoms with Crippen molar-refractivity contribution in [2.75, 3.05) is 11.9 Å². The minimum Gasteiger partial charge on any atom is -0.369 e. The van der Waals surface area contributed by atoms with Crippen LogP contribution in [0.4, 0.5) is 5.82 Å². The van der Waals surface area contributed by atoms with Crippen molar-refractivity contribution in [3.8, 4) is 11.4 Å². The normalized spacial score (nSPS) is 11.0. The molecule has 0 aliphatic carbocycles. The molecule has 7 nitrogen and oxygen atoms in total. The van der Waals surface area contributed by atoms with Gasteiger partial charge in [0.05, 0.1) is 5.39 Å². The Bertz CT molecular complexity index is 961. The first kappa shape index (κ1) is 14.7. The lowest BCUT2D eigenvalue weighted by molar-refractivity contribution is 0.896. The summed E-state index contributed by atoms with van der Waals surface area (Å²) in [7, 11) is 0. The predicted octanol–water partition coefficient (Wildman–Crippen LogP) is 2.83. The van der Waals surface area contributed by atoms with Gasteiger partial charge in [0.15, 0.2) is 5.82 Å². The zero-order valence-electron chi connectivity index (χ0n) is 13.0. The number of aromatic amines is 1. The van der Waals surface area contributed by atoms with E-state index in [4.69, 9.17) is 0 Å². The molecule has 0 fully saturated rings. The molecule has 0 bridgehead atoms. The van der Waals surface area contributed by atoms with E-state index < -0.39 is 0 Å². The van der Waals surface area contributed by atoms with Gasteiger partial charge in [-0.25, -0.2) is 15.0 Å². The van der Waals surface area contributed by atoms with E-state index in [1.54, 1.807) is 23.7 Å². The van der Waals surface area contributed by atoms with Crippen LogP contribution in [0, 0.1) is 6.92 Å². The number of aromatic nitrogens is 6. The Labute approximate surface area is 142 Å². The van der Waals surface area contributed by atoms with Gasteiger partial charge in [-0.2, -0.15) is 5.10 Å². The topological polar surface area (TPSA) is 92.3 Å². The lowest BCUT2D eigenvalue weighted by atomic mass is 10.2. The van der Waals surface area contributed by atoms with E-state index in [-0.39, 0.29) is 0 Å². The average molecular weight is 337 g/mol. The minimum atomic E-state index is 0.686. The third-order valence-corrected chi connectivity index (χ3v) is 4.37. The molecule has 0 spiro atoms. The molecule has 0 aliphatic rings. The number of H-pyrrole nitrogens is 1. The highest BCUT2D eigenvalue weighted by atomic mass is 32.1. The Morgan fingerprint density at radius 1 is 1.12 bits per heavy atom. The minimum absolute atomic E-state index is 0.686. The van der Waals surface area contributed by atoms with Gasteiger partial charge in [-0.3, -0.25) is 10.1 Å². The molecule has 4 aromatic heterocycles. The van der Waals surface area contributed by atoms with Crippen molar-refractivity contribution in [3.63, 3.8) is 0 Å². The van der Waals surface area contributed by atoms with Gasteiger partial charge in [-0.05, 0) is 30.5 Å². The molecule has 0 radical (unpaired) electrons. The van der Waals surface area contributed by atoms with E-state index in [1.165, 1.54) is 0 Å². The Morgan fingerprint density at radius 2 is 2.00 bits per heavy atom. The number of pyridine rings is 1. The first-order valence-corrected chi connectivity index (χ1v) is 8.45. The van der Waals surface area contributed by atoms with E-state index in [0.717, 1.165) is 39.7 Å². The van der Waals surface area contributed by atoms with Gasteiger partial charge in [0.25, 0.3) is 0 Å². The molecule has 8 heteroatoms. The second-order valence-electron chi connectivity index (χ2n) is 5.28. The van der Waals surface area contributed by atoms with E-state index in [9.17, 15) is 0 Å². The van der Waals surface area contributed by atoms with Crippen LogP contribution in [0.25, 0.3) is 21.6 Å². The van der Waals surface area contributed by atoms with Gasteiger partial charge in [0.1, 0.15) is 22.3 Å². The molecule has 4 aromatic rings. The van der Waals surface area contributed by atoms with Crippen LogP contribution in [0.1, 0.15) is 11.6 Å². The van der Waals surface area contributed by atoms with E-state index in [1.807, 2.05) is 30.5 Å². The zero-order valence-corrected chi connectivity index (χ0v) is 13.8. The maximum absolute atomic E-state index is 4.52. The number of thiophene rings is 1. The van der Waals surface area contributed by atoms with Gasteiger partial charge >= 0.3 is 0 Å². The highest BCUT2D eigenvalue weighted by Crippen LogP contribution is 2.24. The smallest absolute Gasteiger partial charge is 0.181 e. The van der Waals surface area contributed by atoms with Gasteiger partial charge in [0, 0.05) is 30.9 Å². The average Bonchev–Trinajstić information content (AvgIpc) is 3.25. The second-order valence-corrected chi connectivity index (χ2v) is 6.17. The number of nitrogens with one attached hydrogen (secondary N) is 2. The van der Waals surface area contributed by atoms with Crippen LogP contribution < -0.4 is 5.32 Å². The molecular weight excluding hydrogens is 322 g/mol. The molecule has 4 rings (SSSR count). The highest BCUT2D eigenvalue weighted by Gasteiger charge is 2.08. The summed E-state index contributed by atoms with van der Waals surface area (Å²) in [6.07, 6.45) is 4.19. The van der Waals surface area contributed by atoms with Crippen molar-refractivity contribution in [3.05, 3.63) is 47.6 Å². The van der Waals surface area contributed by atoms with E-state index in [2.05, 4.69) is 35.5 Å².